The van der Waals surface area contributed by atoms with Crippen molar-refractivity contribution in [1.82, 2.24) is 15.2 Å². The summed E-state index contributed by atoms with van der Waals surface area (Å²) in [6, 6.07) is 12.9. The second-order valence-corrected chi connectivity index (χ2v) is 6.91. The zero-order valence-corrected chi connectivity index (χ0v) is 16.7. The molecule has 0 radical (unpaired) electrons. The molecule has 152 valence electrons. The number of nitro groups is 2. The first-order valence-electron chi connectivity index (χ1n) is 8.37. The SMILES string of the molecule is O=C(N/N=C/c1cccc([N+](=O)[O-])c1)c1nn(Cc2ccc(Br)cc2)cc1[N+](=O)[O-]. The van der Waals surface area contributed by atoms with Gasteiger partial charge in [-0.25, -0.2) is 5.43 Å². The predicted molar refractivity (Wildman–Crippen MR) is 110 cm³/mol. The van der Waals surface area contributed by atoms with Crippen molar-refractivity contribution in [2.75, 3.05) is 0 Å². The lowest BCUT2D eigenvalue weighted by Crippen LogP contribution is -2.19. The second kappa shape index (κ2) is 9.05. The summed E-state index contributed by atoms with van der Waals surface area (Å²) < 4.78 is 2.18. The standard InChI is InChI=1S/C18H13BrN6O5/c19-14-6-4-12(5-7-14)10-23-11-16(25(29)30)17(22-23)18(26)21-20-9-13-2-1-3-15(8-13)24(27)28/h1-9,11H,10H2,(H,21,26)/b20-9+. The molecule has 0 spiro atoms. The van der Waals surface area contributed by atoms with Gasteiger partial charge in [-0.2, -0.15) is 10.2 Å². The van der Waals surface area contributed by atoms with E-state index in [9.17, 15) is 25.0 Å². The van der Waals surface area contributed by atoms with Crippen LogP contribution in [-0.4, -0.2) is 31.7 Å². The Hall–Kier alpha value is -3.93. The number of hydrazone groups is 1. The van der Waals surface area contributed by atoms with Crippen LogP contribution < -0.4 is 5.43 Å². The summed E-state index contributed by atoms with van der Waals surface area (Å²) in [6.45, 7) is 0.234. The number of hydrogen-bond acceptors (Lipinski definition) is 7. The molecule has 11 nitrogen and oxygen atoms in total. The van der Waals surface area contributed by atoms with E-state index in [1.807, 2.05) is 24.3 Å². The van der Waals surface area contributed by atoms with Crippen molar-refractivity contribution in [3.63, 3.8) is 0 Å². The molecule has 12 heteroatoms. The molecule has 0 fully saturated rings. The third kappa shape index (κ3) is 5.11. The van der Waals surface area contributed by atoms with Crippen molar-refractivity contribution in [1.29, 1.82) is 0 Å². The maximum absolute atomic E-state index is 12.3. The largest absolute Gasteiger partial charge is 0.320 e. The molecule has 1 amide bonds. The average Bonchev–Trinajstić information content (AvgIpc) is 3.14. The zero-order valence-electron chi connectivity index (χ0n) is 15.1. The molecule has 2 aromatic carbocycles. The van der Waals surface area contributed by atoms with Gasteiger partial charge in [0.05, 0.1) is 22.6 Å². The molecule has 0 aliphatic heterocycles. The minimum atomic E-state index is -0.877. The summed E-state index contributed by atoms with van der Waals surface area (Å²) in [4.78, 5) is 33.1. The normalized spacial score (nSPS) is 10.8. The van der Waals surface area contributed by atoms with Gasteiger partial charge in [0.15, 0.2) is 0 Å². The number of hydrogen-bond donors (Lipinski definition) is 1. The van der Waals surface area contributed by atoms with Crippen LogP contribution in [0.25, 0.3) is 0 Å². The monoisotopic (exact) mass is 472 g/mol. The maximum atomic E-state index is 12.3. The third-order valence-corrected chi connectivity index (χ3v) is 4.40. The summed E-state index contributed by atoms with van der Waals surface area (Å²) in [5.74, 6) is -0.877. The van der Waals surface area contributed by atoms with E-state index in [0.717, 1.165) is 10.0 Å². The van der Waals surface area contributed by atoms with Gasteiger partial charge in [0, 0.05) is 22.2 Å². The Balaban J connectivity index is 1.75. The van der Waals surface area contributed by atoms with Gasteiger partial charge >= 0.3 is 5.69 Å². The number of aromatic nitrogens is 2. The lowest BCUT2D eigenvalue weighted by molar-refractivity contribution is -0.385. The van der Waals surface area contributed by atoms with E-state index in [-0.39, 0.29) is 12.2 Å². The third-order valence-electron chi connectivity index (χ3n) is 3.87. The number of non-ortho nitro benzene ring substituents is 1. The minimum Gasteiger partial charge on any atom is -0.265 e. The molecule has 0 aliphatic rings. The maximum Gasteiger partial charge on any atom is 0.320 e. The Morgan fingerprint density at radius 2 is 1.90 bits per heavy atom. The number of carbonyl (C=O) groups is 1. The Morgan fingerprint density at radius 3 is 2.57 bits per heavy atom. The van der Waals surface area contributed by atoms with Crippen LogP contribution in [0.15, 0.2) is 64.3 Å². The molecular formula is C18H13BrN6O5. The lowest BCUT2D eigenvalue weighted by Gasteiger charge is -2.01. The molecular weight excluding hydrogens is 460 g/mol. The van der Waals surface area contributed by atoms with Crippen LogP contribution in [0.1, 0.15) is 21.6 Å². The number of nitro benzene ring substituents is 1. The van der Waals surface area contributed by atoms with Gasteiger partial charge in [0.2, 0.25) is 5.69 Å². The summed E-state index contributed by atoms with van der Waals surface area (Å²) in [5, 5.41) is 29.8. The number of nitrogens with one attached hydrogen (secondary N) is 1. The first-order valence-corrected chi connectivity index (χ1v) is 9.17. The van der Waals surface area contributed by atoms with Gasteiger partial charge in [-0.05, 0) is 17.7 Å². The van der Waals surface area contributed by atoms with Crippen LogP contribution in [0, 0.1) is 20.2 Å². The van der Waals surface area contributed by atoms with Gasteiger partial charge in [-0.15, -0.1) is 0 Å². The van der Waals surface area contributed by atoms with E-state index >= 15 is 0 Å². The first-order chi connectivity index (χ1) is 14.3. The molecule has 0 saturated heterocycles. The number of nitrogens with zero attached hydrogens (tertiary/aromatic N) is 5. The molecule has 3 aromatic rings. The fourth-order valence-electron chi connectivity index (χ4n) is 2.50. The van der Waals surface area contributed by atoms with Gasteiger partial charge in [-0.3, -0.25) is 29.7 Å². The van der Waals surface area contributed by atoms with E-state index in [4.69, 9.17) is 0 Å². The van der Waals surface area contributed by atoms with Crippen LogP contribution in [-0.2, 0) is 6.54 Å². The predicted octanol–water partition coefficient (Wildman–Crippen LogP) is 3.27. The molecule has 1 aromatic heterocycles. The fraction of sp³-hybridized carbons (Fsp3) is 0.0556. The molecule has 30 heavy (non-hydrogen) atoms. The minimum absolute atomic E-state index is 0.132. The zero-order chi connectivity index (χ0) is 21.7. The Morgan fingerprint density at radius 1 is 1.17 bits per heavy atom. The smallest absolute Gasteiger partial charge is 0.265 e. The van der Waals surface area contributed by atoms with E-state index in [2.05, 4.69) is 31.6 Å². The summed E-state index contributed by atoms with van der Waals surface area (Å²) in [7, 11) is 0. The molecule has 0 atom stereocenters. The molecule has 0 unspecified atom stereocenters. The number of benzene rings is 2. The average molecular weight is 473 g/mol. The van der Waals surface area contributed by atoms with Gasteiger partial charge in [0.25, 0.3) is 11.6 Å². The topological polar surface area (TPSA) is 146 Å². The summed E-state index contributed by atoms with van der Waals surface area (Å²) in [6.07, 6.45) is 2.36. The summed E-state index contributed by atoms with van der Waals surface area (Å²) in [5.41, 5.74) is 2.37. The van der Waals surface area contributed by atoms with Crippen molar-refractivity contribution in [3.8, 4) is 0 Å². The van der Waals surface area contributed by atoms with Crippen LogP contribution in [0.3, 0.4) is 0 Å². The first kappa shape index (κ1) is 20.8. The fourth-order valence-corrected chi connectivity index (χ4v) is 2.77. The highest BCUT2D eigenvalue weighted by molar-refractivity contribution is 9.10. The highest BCUT2D eigenvalue weighted by atomic mass is 79.9. The van der Waals surface area contributed by atoms with E-state index < -0.39 is 27.1 Å². The quantitative estimate of drug-likeness (QED) is 0.317. The number of carbonyl (C=O) groups excluding carboxylic acids is 1. The van der Waals surface area contributed by atoms with Gasteiger partial charge in [-0.1, -0.05) is 40.2 Å². The van der Waals surface area contributed by atoms with Crippen molar-refractivity contribution in [2.45, 2.75) is 6.54 Å². The van der Waals surface area contributed by atoms with Gasteiger partial charge in [0.1, 0.15) is 6.20 Å². The van der Waals surface area contributed by atoms with Crippen molar-refractivity contribution < 1.29 is 14.6 Å². The molecule has 1 heterocycles. The highest BCUT2D eigenvalue weighted by Crippen LogP contribution is 2.18. The Labute approximate surface area is 177 Å². The van der Waals surface area contributed by atoms with Crippen molar-refractivity contribution in [2.24, 2.45) is 5.10 Å². The molecule has 0 aliphatic carbocycles. The Kier molecular flexibility index (Phi) is 6.27. The van der Waals surface area contributed by atoms with Crippen LogP contribution in [0.4, 0.5) is 11.4 Å². The Bertz CT molecular complexity index is 1140. The molecule has 1 N–H and O–H groups in total. The molecule has 0 bridgehead atoms. The molecule has 0 saturated carbocycles. The number of amides is 1. The van der Waals surface area contributed by atoms with E-state index in [1.165, 1.54) is 35.3 Å². The highest BCUT2D eigenvalue weighted by Gasteiger charge is 2.25. The number of rotatable bonds is 7. The van der Waals surface area contributed by atoms with Crippen molar-refractivity contribution >= 4 is 39.4 Å². The van der Waals surface area contributed by atoms with Crippen LogP contribution in [0.5, 0.6) is 0 Å². The van der Waals surface area contributed by atoms with E-state index in [1.54, 1.807) is 6.07 Å². The molecule has 3 rings (SSSR count). The second-order valence-electron chi connectivity index (χ2n) is 6.00. The van der Waals surface area contributed by atoms with Crippen molar-refractivity contribution in [3.05, 3.63) is 96.2 Å². The lowest BCUT2D eigenvalue weighted by atomic mass is 10.2. The van der Waals surface area contributed by atoms with Gasteiger partial charge < -0.3 is 0 Å². The van der Waals surface area contributed by atoms with E-state index in [0.29, 0.717) is 5.56 Å². The summed E-state index contributed by atoms with van der Waals surface area (Å²) >= 11 is 3.33. The van der Waals surface area contributed by atoms with Crippen LogP contribution in [0.2, 0.25) is 0 Å². The van der Waals surface area contributed by atoms with Crippen LogP contribution >= 0.6 is 15.9 Å². The number of halogens is 1.